The molecular weight excluding hydrogens is 379 g/mol. The first-order valence-electron chi connectivity index (χ1n) is 8.14. The van der Waals surface area contributed by atoms with E-state index in [0.717, 1.165) is 0 Å². The molecule has 2 aromatic rings. The number of methoxy groups -OCH3 is 1. The lowest BCUT2D eigenvalue weighted by Gasteiger charge is -2.12. The van der Waals surface area contributed by atoms with Crippen molar-refractivity contribution in [2.45, 2.75) is 26.1 Å². The van der Waals surface area contributed by atoms with Crippen LogP contribution in [0.3, 0.4) is 0 Å². The van der Waals surface area contributed by atoms with E-state index in [-0.39, 0.29) is 30.5 Å². The Morgan fingerprint density at radius 1 is 1.21 bits per heavy atom. The molecule has 1 amide bonds. The third-order valence-corrected chi connectivity index (χ3v) is 3.44. The van der Waals surface area contributed by atoms with Gasteiger partial charge in [0.1, 0.15) is 5.78 Å². The molecule has 1 N–H and O–H groups in total. The zero-order valence-corrected chi connectivity index (χ0v) is 15.2. The standard InChI is InChI=1S/C18H18F3N3O4/c1-11(25)7-14-8-12(5-6-22-14)16(26)23-9-13-3-4-15(24-17(13)27-2)28-10-18(19,20)21/h3-6,8H,7,9-10H2,1-2H3,(H,23,26). The van der Waals surface area contributed by atoms with E-state index in [0.29, 0.717) is 16.8 Å². The number of halogens is 3. The van der Waals surface area contributed by atoms with Crippen LogP contribution < -0.4 is 14.8 Å². The summed E-state index contributed by atoms with van der Waals surface area (Å²) in [7, 11) is 1.30. The van der Waals surface area contributed by atoms with E-state index in [1.165, 1.54) is 44.5 Å². The van der Waals surface area contributed by atoms with Crippen LogP contribution in [0.4, 0.5) is 13.2 Å². The quantitative estimate of drug-likeness (QED) is 0.736. The predicted molar refractivity (Wildman–Crippen MR) is 92.1 cm³/mol. The third kappa shape index (κ3) is 6.53. The van der Waals surface area contributed by atoms with E-state index in [1.54, 1.807) is 0 Å². The van der Waals surface area contributed by atoms with Gasteiger partial charge >= 0.3 is 6.18 Å². The average molecular weight is 397 g/mol. The van der Waals surface area contributed by atoms with Gasteiger partial charge in [-0.25, -0.2) is 0 Å². The Labute approximate surface area is 158 Å². The van der Waals surface area contributed by atoms with Crippen LogP contribution in [-0.2, 0) is 17.8 Å². The van der Waals surface area contributed by atoms with Crippen molar-refractivity contribution in [2.75, 3.05) is 13.7 Å². The Morgan fingerprint density at radius 2 is 1.96 bits per heavy atom. The van der Waals surface area contributed by atoms with Crippen LogP contribution in [0.25, 0.3) is 0 Å². The molecule has 2 rings (SSSR count). The molecule has 0 aromatic carbocycles. The summed E-state index contributed by atoms with van der Waals surface area (Å²) >= 11 is 0. The number of alkyl halides is 3. The van der Waals surface area contributed by atoms with Crippen LogP contribution in [0.15, 0.2) is 30.5 Å². The summed E-state index contributed by atoms with van der Waals surface area (Å²) in [6.45, 7) is -0.0153. The minimum absolute atomic E-state index is 0.0267. The Kier molecular flexibility index (Phi) is 6.91. The highest BCUT2D eigenvalue weighted by atomic mass is 19.4. The maximum absolute atomic E-state index is 12.3. The Hall–Kier alpha value is -3.17. The zero-order chi connectivity index (χ0) is 20.7. The number of ketones is 1. The summed E-state index contributed by atoms with van der Waals surface area (Å²) in [4.78, 5) is 31.3. The molecule has 0 radical (unpaired) electrons. The van der Waals surface area contributed by atoms with Gasteiger partial charge < -0.3 is 14.8 Å². The summed E-state index contributed by atoms with van der Waals surface area (Å²) in [5.41, 5.74) is 1.25. The Bertz CT molecular complexity index is 856. The van der Waals surface area contributed by atoms with Gasteiger partial charge in [0, 0.05) is 42.0 Å². The first-order chi connectivity index (χ1) is 13.2. The zero-order valence-electron chi connectivity index (χ0n) is 15.2. The van der Waals surface area contributed by atoms with Gasteiger partial charge in [-0.3, -0.25) is 14.6 Å². The molecule has 150 valence electrons. The van der Waals surface area contributed by atoms with Crippen LogP contribution in [0.1, 0.15) is 28.5 Å². The first kappa shape index (κ1) is 21.1. The van der Waals surface area contributed by atoms with Crippen molar-refractivity contribution in [3.63, 3.8) is 0 Å². The number of amides is 1. The smallest absolute Gasteiger partial charge is 0.422 e. The van der Waals surface area contributed by atoms with Crippen molar-refractivity contribution >= 4 is 11.7 Å². The molecule has 28 heavy (non-hydrogen) atoms. The van der Waals surface area contributed by atoms with E-state index in [2.05, 4.69) is 20.0 Å². The first-order valence-corrected chi connectivity index (χ1v) is 8.14. The van der Waals surface area contributed by atoms with E-state index in [9.17, 15) is 22.8 Å². The highest BCUT2D eigenvalue weighted by Crippen LogP contribution is 2.22. The number of aromatic nitrogens is 2. The molecule has 0 bridgehead atoms. The van der Waals surface area contributed by atoms with Gasteiger partial charge in [0.2, 0.25) is 11.8 Å². The van der Waals surface area contributed by atoms with Gasteiger partial charge in [-0.1, -0.05) is 0 Å². The van der Waals surface area contributed by atoms with E-state index < -0.39 is 18.7 Å². The fourth-order valence-corrected chi connectivity index (χ4v) is 2.25. The van der Waals surface area contributed by atoms with E-state index in [1.807, 2.05) is 0 Å². The molecule has 0 aliphatic rings. The molecule has 0 saturated heterocycles. The molecule has 0 aliphatic carbocycles. The fraction of sp³-hybridized carbons (Fsp3) is 0.333. The molecule has 0 fully saturated rings. The number of pyridine rings is 2. The summed E-state index contributed by atoms with van der Waals surface area (Å²) < 4.78 is 46.3. The van der Waals surface area contributed by atoms with Crippen molar-refractivity contribution in [2.24, 2.45) is 0 Å². The number of carbonyl (C=O) groups excluding carboxylic acids is 2. The maximum atomic E-state index is 12.3. The Balaban J connectivity index is 2.03. The van der Waals surface area contributed by atoms with Crippen molar-refractivity contribution < 1.29 is 32.2 Å². The summed E-state index contributed by atoms with van der Waals surface area (Å²) in [6, 6.07) is 5.72. The van der Waals surface area contributed by atoms with Gasteiger partial charge in [-0.15, -0.1) is 0 Å². The summed E-state index contributed by atoms with van der Waals surface area (Å²) in [5, 5.41) is 2.65. The largest absolute Gasteiger partial charge is 0.481 e. The molecule has 7 nitrogen and oxygen atoms in total. The molecule has 10 heteroatoms. The van der Waals surface area contributed by atoms with Gasteiger partial charge in [-0.2, -0.15) is 18.2 Å². The predicted octanol–water partition coefficient (Wildman–Crippen LogP) is 2.49. The number of nitrogens with one attached hydrogen (secondary N) is 1. The second kappa shape index (κ2) is 9.16. The van der Waals surface area contributed by atoms with Crippen LogP contribution >= 0.6 is 0 Å². The lowest BCUT2D eigenvalue weighted by Crippen LogP contribution is -2.24. The highest BCUT2D eigenvalue weighted by molar-refractivity contribution is 5.94. The number of Topliss-reactive ketones (excluding diaryl/α,β-unsaturated/α-hetero) is 1. The van der Waals surface area contributed by atoms with Gasteiger partial charge in [-0.05, 0) is 25.1 Å². The number of ether oxygens (including phenoxy) is 2. The van der Waals surface area contributed by atoms with E-state index in [4.69, 9.17) is 4.74 Å². The molecule has 0 unspecified atom stereocenters. The number of nitrogens with zero attached hydrogens (tertiary/aromatic N) is 2. The lowest BCUT2D eigenvalue weighted by atomic mass is 10.1. The van der Waals surface area contributed by atoms with Crippen molar-refractivity contribution in [3.8, 4) is 11.8 Å². The van der Waals surface area contributed by atoms with Crippen LogP contribution in [0, 0.1) is 0 Å². The molecule has 0 saturated carbocycles. The van der Waals surface area contributed by atoms with Crippen LogP contribution in [0.5, 0.6) is 11.8 Å². The third-order valence-electron chi connectivity index (χ3n) is 3.44. The van der Waals surface area contributed by atoms with E-state index >= 15 is 0 Å². The molecular formula is C18H18F3N3O4. The van der Waals surface area contributed by atoms with Crippen molar-refractivity contribution in [1.82, 2.24) is 15.3 Å². The van der Waals surface area contributed by atoms with Crippen LogP contribution in [0.2, 0.25) is 0 Å². The van der Waals surface area contributed by atoms with Crippen molar-refractivity contribution in [1.29, 1.82) is 0 Å². The molecule has 0 atom stereocenters. The average Bonchev–Trinajstić information content (AvgIpc) is 2.63. The molecule has 0 aliphatic heterocycles. The summed E-state index contributed by atoms with van der Waals surface area (Å²) in [6.07, 6.45) is -2.92. The Morgan fingerprint density at radius 3 is 2.61 bits per heavy atom. The number of hydrogen-bond acceptors (Lipinski definition) is 6. The minimum Gasteiger partial charge on any atom is -0.481 e. The second-order valence-corrected chi connectivity index (χ2v) is 5.82. The summed E-state index contributed by atoms with van der Waals surface area (Å²) in [5.74, 6) is -0.695. The highest BCUT2D eigenvalue weighted by Gasteiger charge is 2.28. The van der Waals surface area contributed by atoms with Gasteiger partial charge in [0.05, 0.1) is 7.11 Å². The second-order valence-electron chi connectivity index (χ2n) is 5.82. The minimum atomic E-state index is -4.48. The molecule has 2 aromatic heterocycles. The lowest BCUT2D eigenvalue weighted by molar-refractivity contribution is -0.154. The topological polar surface area (TPSA) is 90.4 Å². The maximum Gasteiger partial charge on any atom is 0.422 e. The number of hydrogen-bond donors (Lipinski definition) is 1. The normalized spacial score (nSPS) is 11.0. The SMILES string of the molecule is COc1nc(OCC(F)(F)F)ccc1CNC(=O)c1ccnc(CC(C)=O)c1. The molecule has 0 spiro atoms. The van der Waals surface area contributed by atoms with Gasteiger partial charge in [0.15, 0.2) is 6.61 Å². The molecule has 2 heterocycles. The van der Waals surface area contributed by atoms with Crippen LogP contribution in [-0.4, -0.2) is 41.6 Å². The number of carbonyl (C=O) groups is 2. The monoisotopic (exact) mass is 397 g/mol. The van der Waals surface area contributed by atoms with Gasteiger partial charge in [0.25, 0.3) is 5.91 Å². The van der Waals surface area contributed by atoms with Crippen molar-refractivity contribution in [3.05, 3.63) is 47.3 Å². The number of rotatable bonds is 8. The fourth-order valence-electron chi connectivity index (χ4n) is 2.25.